The van der Waals surface area contributed by atoms with E-state index in [1.165, 1.54) is 17.6 Å². The van der Waals surface area contributed by atoms with E-state index in [1.54, 1.807) is 0 Å². The lowest BCUT2D eigenvalue weighted by Gasteiger charge is -2.03. The van der Waals surface area contributed by atoms with Crippen LogP contribution in [-0.4, -0.2) is 0 Å². The number of hydrogen-bond donors (Lipinski definition) is 0. The summed E-state index contributed by atoms with van der Waals surface area (Å²) in [6.07, 6.45) is 9.95. The molecule has 0 aromatic heterocycles. The monoisotopic (exact) mass is 150 g/mol. The standard InChI is InChI=1S/C11H18/c1-5-8-10(4)11(7-3)9-6-2/h3H,5-6,8-9H2,1-2,4H3/b11-10-. The van der Waals surface area contributed by atoms with Crippen LogP contribution in [0.4, 0.5) is 0 Å². The first-order valence-electron chi connectivity index (χ1n) is 4.41. The minimum Gasteiger partial charge on any atom is -0.115 e. The van der Waals surface area contributed by atoms with Crippen LogP contribution in [0.3, 0.4) is 0 Å². The predicted octanol–water partition coefficient (Wildman–Crippen LogP) is 3.54. The fourth-order valence-electron chi connectivity index (χ4n) is 1.18. The van der Waals surface area contributed by atoms with Gasteiger partial charge in [-0.3, -0.25) is 0 Å². The third kappa shape index (κ3) is 3.88. The molecule has 11 heavy (non-hydrogen) atoms. The lowest BCUT2D eigenvalue weighted by molar-refractivity contribution is 0.857. The van der Waals surface area contributed by atoms with E-state index in [4.69, 9.17) is 6.42 Å². The van der Waals surface area contributed by atoms with E-state index in [1.807, 2.05) is 0 Å². The van der Waals surface area contributed by atoms with Crippen LogP contribution in [-0.2, 0) is 0 Å². The Hall–Kier alpha value is -0.700. The van der Waals surface area contributed by atoms with Crippen LogP contribution in [0.1, 0.15) is 46.5 Å². The molecular weight excluding hydrogens is 132 g/mol. The average molecular weight is 150 g/mol. The highest BCUT2D eigenvalue weighted by atomic mass is 14.0. The smallest absolute Gasteiger partial charge is 0.000671 e. The molecule has 0 amide bonds. The van der Waals surface area contributed by atoms with Gasteiger partial charge in [-0.1, -0.05) is 38.2 Å². The SMILES string of the molecule is C#C/C(CCC)=C(\C)CCC. The molecular formula is C11H18. The summed E-state index contributed by atoms with van der Waals surface area (Å²) in [6.45, 7) is 6.49. The van der Waals surface area contributed by atoms with Gasteiger partial charge in [-0.15, -0.1) is 6.42 Å². The van der Waals surface area contributed by atoms with E-state index < -0.39 is 0 Å². The minimum atomic E-state index is 1.07. The first-order chi connectivity index (χ1) is 5.26. The van der Waals surface area contributed by atoms with Crippen molar-refractivity contribution in [2.45, 2.75) is 46.5 Å². The lowest BCUT2D eigenvalue weighted by Crippen LogP contribution is -1.85. The van der Waals surface area contributed by atoms with E-state index in [2.05, 4.69) is 26.7 Å². The van der Waals surface area contributed by atoms with Crippen molar-refractivity contribution in [3.63, 3.8) is 0 Å². The van der Waals surface area contributed by atoms with Gasteiger partial charge in [0.25, 0.3) is 0 Å². The summed E-state index contributed by atoms with van der Waals surface area (Å²) in [7, 11) is 0. The van der Waals surface area contributed by atoms with Gasteiger partial charge in [0.1, 0.15) is 0 Å². The molecule has 0 spiro atoms. The zero-order chi connectivity index (χ0) is 8.69. The average Bonchev–Trinajstić information content (AvgIpc) is 2.00. The fraction of sp³-hybridized carbons (Fsp3) is 0.636. The van der Waals surface area contributed by atoms with E-state index in [-0.39, 0.29) is 0 Å². The van der Waals surface area contributed by atoms with Gasteiger partial charge in [0, 0.05) is 5.57 Å². The van der Waals surface area contributed by atoms with Gasteiger partial charge in [0.15, 0.2) is 0 Å². The molecule has 0 aromatic rings. The Kier molecular flexibility index (Phi) is 5.65. The Bertz CT molecular complexity index is 167. The van der Waals surface area contributed by atoms with Gasteiger partial charge in [0.2, 0.25) is 0 Å². The molecule has 62 valence electrons. The third-order valence-corrected chi connectivity index (χ3v) is 1.81. The Morgan fingerprint density at radius 3 is 2.09 bits per heavy atom. The van der Waals surface area contributed by atoms with Crippen molar-refractivity contribution in [2.75, 3.05) is 0 Å². The Morgan fingerprint density at radius 1 is 1.18 bits per heavy atom. The summed E-state index contributed by atoms with van der Waals surface area (Å²) in [5.41, 5.74) is 2.62. The Labute approximate surface area is 70.7 Å². The van der Waals surface area contributed by atoms with Gasteiger partial charge in [-0.25, -0.2) is 0 Å². The van der Waals surface area contributed by atoms with Crippen molar-refractivity contribution in [1.82, 2.24) is 0 Å². The van der Waals surface area contributed by atoms with Gasteiger partial charge in [0.05, 0.1) is 0 Å². The minimum absolute atomic E-state index is 1.07. The summed E-state index contributed by atoms with van der Waals surface area (Å²) in [5, 5.41) is 0. The normalized spacial score (nSPS) is 12.2. The van der Waals surface area contributed by atoms with Crippen LogP contribution in [0.15, 0.2) is 11.1 Å². The highest BCUT2D eigenvalue weighted by molar-refractivity contribution is 5.30. The molecule has 0 bridgehead atoms. The zero-order valence-corrected chi connectivity index (χ0v) is 7.91. The maximum absolute atomic E-state index is 5.38. The summed E-state index contributed by atoms with van der Waals surface area (Å²) in [5.74, 6) is 2.77. The van der Waals surface area contributed by atoms with Gasteiger partial charge in [-0.05, 0) is 19.8 Å². The molecule has 0 unspecified atom stereocenters. The van der Waals surface area contributed by atoms with Crippen molar-refractivity contribution in [2.24, 2.45) is 0 Å². The first kappa shape index (κ1) is 10.3. The molecule has 0 atom stereocenters. The topological polar surface area (TPSA) is 0 Å². The summed E-state index contributed by atoms with van der Waals surface area (Å²) in [4.78, 5) is 0. The van der Waals surface area contributed by atoms with Crippen molar-refractivity contribution < 1.29 is 0 Å². The Morgan fingerprint density at radius 2 is 1.73 bits per heavy atom. The van der Waals surface area contributed by atoms with Crippen LogP contribution in [0.25, 0.3) is 0 Å². The van der Waals surface area contributed by atoms with Gasteiger partial charge in [-0.2, -0.15) is 0 Å². The largest absolute Gasteiger partial charge is 0.115 e. The molecule has 0 heterocycles. The molecule has 0 heteroatoms. The molecule has 0 radical (unpaired) electrons. The molecule has 0 saturated carbocycles. The molecule has 0 aliphatic carbocycles. The van der Waals surface area contributed by atoms with Gasteiger partial charge < -0.3 is 0 Å². The highest BCUT2D eigenvalue weighted by Crippen LogP contribution is 2.14. The van der Waals surface area contributed by atoms with Crippen LogP contribution in [0, 0.1) is 12.3 Å². The van der Waals surface area contributed by atoms with Crippen LogP contribution in [0.5, 0.6) is 0 Å². The molecule has 0 aliphatic rings. The third-order valence-electron chi connectivity index (χ3n) is 1.81. The van der Waals surface area contributed by atoms with Crippen molar-refractivity contribution in [3.05, 3.63) is 11.1 Å². The molecule has 0 aliphatic heterocycles. The first-order valence-corrected chi connectivity index (χ1v) is 4.41. The second kappa shape index (κ2) is 6.04. The van der Waals surface area contributed by atoms with Crippen LogP contribution < -0.4 is 0 Å². The predicted molar refractivity (Wildman–Crippen MR) is 51.3 cm³/mol. The van der Waals surface area contributed by atoms with E-state index >= 15 is 0 Å². The van der Waals surface area contributed by atoms with Crippen molar-refractivity contribution in [3.8, 4) is 12.3 Å². The van der Waals surface area contributed by atoms with Gasteiger partial charge >= 0.3 is 0 Å². The molecule has 0 N–H and O–H groups in total. The van der Waals surface area contributed by atoms with E-state index in [0.29, 0.717) is 0 Å². The summed E-state index contributed by atoms with van der Waals surface area (Å²) in [6, 6.07) is 0. The molecule has 0 rings (SSSR count). The summed E-state index contributed by atoms with van der Waals surface area (Å²) >= 11 is 0. The highest BCUT2D eigenvalue weighted by Gasteiger charge is 1.96. The zero-order valence-electron chi connectivity index (χ0n) is 7.91. The summed E-state index contributed by atoms with van der Waals surface area (Å²) < 4.78 is 0. The number of terminal acetylenes is 1. The quantitative estimate of drug-likeness (QED) is 0.538. The maximum Gasteiger partial charge on any atom is 0.000671 e. The molecule has 0 saturated heterocycles. The molecule has 0 aromatic carbocycles. The molecule has 0 nitrogen and oxygen atoms in total. The maximum atomic E-state index is 5.38. The number of rotatable bonds is 4. The van der Waals surface area contributed by atoms with E-state index in [0.717, 1.165) is 19.3 Å². The number of hydrogen-bond acceptors (Lipinski definition) is 0. The van der Waals surface area contributed by atoms with Crippen LogP contribution >= 0.6 is 0 Å². The number of allylic oxidation sites excluding steroid dienone is 2. The van der Waals surface area contributed by atoms with Crippen molar-refractivity contribution in [1.29, 1.82) is 0 Å². The Balaban J connectivity index is 4.18. The second-order valence-electron chi connectivity index (χ2n) is 2.90. The molecule has 0 fully saturated rings. The second-order valence-corrected chi connectivity index (χ2v) is 2.90. The van der Waals surface area contributed by atoms with Crippen LogP contribution in [0.2, 0.25) is 0 Å². The van der Waals surface area contributed by atoms with E-state index in [9.17, 15) is 0 Å². The van der Waals surface area contributed by atoms with Crippen molar-refractivity contribution >= 4 is 0 Å². The fourth-order valence-corrected chi connectivity index (χ4v) is 1.18. The lowest BCUT2D eigenvalue weighted by atomic mass is 10.0.